The van der Waals surface area contributed by atoms with Gasteiger partial charge in [-0.3, -0.25) is 9.89 Å². The minimum Gasteiger partial charge on any atom is -0.367 e. The number of morpholine rings is 1. The number of carbonyl (C=O) groups excluding carboxylic acids is 1. The van der Waals surface area contributed by atoms with Gasteiger partial charge in [-0.05, 0) is 19.9 Å². The number of thiophene rings is 1. The molecule has 0 saturated carbocycles. The molecule has 1 amide bonds. The van der Waals surface area contributed by atoms with Gasteiger partial charge in [0.05, 0.1) is 18.7 Å². The van der Waals surface area contributed by atoms with E-state index < -0.39 is 0 Å². The van der Waals surface area contributed by atoms with Crippen LogP contribution in [0.15, 0.2) is 6.07 Å². The van der Waals surface area contributed by atoms with E-state index in [4.69, 9.17) is 4.74 Å². The number of nitrogens with one attached hydrogen (secondary N) is 1. The largest absolute Gasteiger partial charge is 0.367 e. The Hall–Kier alpha value is -1.73. The van der Waals surface area contributed by atoms with Crippen LogP contribution in [0.4, 0.5) is 0 Å². The van der Waals surface area contributed by atoms with Crippen molar-refractivity contribution in [3.63, 3.8) is 0 Å². The predicted octanol–water partition coefficient (Wildman–Crippen LogP) is 2.99. The molecule has 1 aliphatic rings. The van der Waals surface area contributed by atoms with Crippen LogP contribution in [0.3, 0.4) is 0 Å². The highest BCUT2D eigenvalue weighted by molar-refractivity contribution is 7.12. The normalized spacial score (nSPS) is 18.9. The zero-order valence-corrected chi connectivity index (χ0v) is 15.7. The maximum absolute atomic E-state index is 12.8. The summed E-state index contributed by atoms with van der Waals surface area (Å²) in [6, 6.07) is 1.97. The predicted molar refractivity (Wildman–Crippen MR) is 93.5 cm³/mol. The molecule has 3 rings (SSSR count). The van der Waals surface area contributed by atoms with E-state index in [1.807, 2.05) is 24.8 Å². The number of amides is 1. The van der Waals surface area contributed by atoms with Crippen LogP contribution >= 0.6 is 11.3 Å². The number of hydrogen-bond acceptors (Lipinski definition) is 5. The number of nitrogens with zero attached hydrogens (tertiary/aromatic N) is 3. The van der Waals surface area contributed by atoms with Crippen molar-refractivity contribution in [1.82, 2.24) is 20.1 Å². The van der Waals surface area contributed by atoms with Crippen LogP contribution in [0.1, 0.15) is 58.6 Å². The number of hydrogen-bond donors (Lipinski definition) is 1. The van der Waals surface area contributed by atoms with Gasteiger partial charge in [0.15, 0.2) is 11.6 Å². The van der Waals surface area contributed by atoms with Gasteiger partial charge in [-0.15, -0.1) is 11.3 Å². The summed E-state index contributed by atoms with van der Waals surface area (Å²) in [6.45, 7) is 11.8. The Kier molecular flexibility index (Phi) is 4.48. The second-order valence-electron chi connectivity index (χ2n) is 7.23. The molecular weight excluding hydrogens is 324 g/mol. The van der Waals surface area contributed by atoms with E-state index in [-0.39, 0.29) is 17.4 Å². The van der Waals surface area contributed by atoms with E-state index in [1.165, 1.54) is 0 Å². The first-order chi connectivity index (χ1) is 11.3. The first kappa shape index (κ1) is 17.1. The van der Waals surface area contributed by atoms with E-state index in [0.717, 1.165) is 21.1 Å². The van der Waals surface area contributed by atoms with E-state index in [2.05, 4.69) is 36.0 Å². The summed E-state index contributed by atoms with van der Waals surface area (Å²) in [6.07, 6.45) is -0.258. The Bertz CT molecular complexity index is 744. The topological polar surface area (TPSA) is 71.1 Å². The minimum absolute atomic E-state index is 0.0701. The molecule has 1 aliphatic heterocycles. The van der Waals surface area contributed by atoms with Crippen molar-refractivity contribution in [1.29, 1.82) is 0 Å². The van der Waals surface area contributed by atoms with Gasteiger partial charge in [0.25, 0.3) is 5.91 Å². The summed E-state index contributed by atoms with van der Waals surface area (Å²) in [5.41, 5.74) is 0.677. The molecule has 7 heteroatoms. The highest BCUT2D eigenvalue weighted by Gasteiger charge is 2.30. The summed E-state index contributed by atoms with van der Waals surface area (Å²) in [4.78, 5) is 21.4. The van der Waals surface area contributed by atoms with E-state index >= 15 is 0 Å². The summed E-state index contributed by atoms with van der Waals surface area (Å²) in [5, 5.41) is 7.27. The van der Waals surface area contributed by atoms with Gasteiger partial charge in [0.2, 0.25) is 0 Å². The van der Waals surface area contributed by atoms with Crippen molar-refractivity contribution >= 4 is 17.2 Å². The highest BCUT2D eigenvalue weighted by atomic mass is 32.1. The molecule has 0 aromatic carbocycles. The molecule has 0 radical (unpaired) electrons. The van der Waals surface area contributed by atoms with Crippen LogP contribution in [0.5, 0.6) is 0 Å². The van der Waals surface area contributed by atoms with Gasteiger partial charge in [0, 0.05) is 21.7 Å². The van der Waals surface area contributed by atoms with Gasteiger partial charge in [-0.25, -0.2) is 4.98 Å². The standard InChI is InChI=1S/C17H24N4O2S/c1-10-8-12(11(2)24-10)15(22)21-6-7-23-13(9-21)14-18-16(20-19-14)17(3,4)5/h8,13H,6-7,9H2,1-5H3,(H,18,19,20)/t13-/m0/s1. The second-order valence-corrected chi connectivity index (χ2v) is 8.69. The third-order valence-electron chi connectivity index (χ3n) is 4.10. The lowest BCUT2D eigenvalue weighted by atomic mass is 9.96. The molecule has 2 aromatic rings. The average Bonchev–Trinajstić information content (AvgIpc) is 3.13. The Balaban J connectivity index is 1.76. The van der Waals surface area contributed by atoms with Gasteiger partial charge in [-0.1, -0.05) is 20.8 Å². The molecule has 0 bridgehead atoms. The quantitative estimate of drug-likeness (QED) is 0.906. The van der Waals surface area contributed by atoms with Crippen molar-refractivity contribution in [3.05, 3.63) is 33.0 Å². The van der Waals surface area contributed by atoms with Crippen LogP contribution in [0.2, 0.25) is 0 Å². The average molecular weight is 348 g/mol. The molecule has 1 saturated heterocycles. The lowest BCUT2D eigenvalue weighted by molar-refractivity contribution is -0.0267. The van der Waals surface area contributed by atoms with Crippen LogP contribution < -0.4 is 0 Å². The van der Waals surface area contributed by atoms with E-state index in [0.29, 0.717) is 25.5 Å². The maximum Gasteiger partial charge on any atom is 0.255 e. The SMILES string of the molecule is Cc1cc(C(=O)N2CCO[C@H](c3nc(C(C)(C)C)n[nH]3)C2)c(C)s1. The summed E-state index contributed by atoms with van der Waals surface area (Å²) >= 11 is 1.66. The lowest BCUT2D eigenvalue weighted by Gasteiger charge is -2.32. The number of carbonyl (C=O) groups is 1. The molecule has 1 N–H and O–H groups in total. The Morgan fingerprint density at radius 2 is 2.17 bits per heavy atom. The molecule has 6 nitrogen and oxygen atoms in total. The molecule has 2 aromatic heterocycles. The van der Waals surface area contributed by atoms with Crippen molar-refractivity contribution in [2.75, 3.05) is 19.7 Å². The number of aryl methyl sites for hydroxylation is 2. The molecule has 1 atom stereocenters. The zero-order chi connectivity index (χ0) is 17.5. The molecule has 0 spiro atoms. The van der Waals surface area contributed by atoms with Gasteiger partial charge >= 0.3 is 0 Å². The number of ether oxygens (including phenoxy) is 1. The van der Waals surface area contributed by atoms with Gasteiger partial charge in [-0.2, -0.15) is 5.10 Å². The van der Waals surface area contributed by atoms with Crippen LogP contribution in [0.25, 0.3) is 0 Å². The molecule has 130 valence electrons. The number of H-pyrrole nitrogens is 1. The lowest BCUT2D eigenvalue weighted by Crippen LogP contribution is -2.42. The second kappa shape index (κ2) is 6.29. The van der Waals surface area contributed by atoms with Crippen molar-refractivity contribution in [2.45, 2.75) is 46.1 Å². The minimum atomic E-state index is -0.258. The van der Waals surface area contributed by atoms with E-state index in [9.17, 15) is 4.79 Å². The third-order valence-corrected chi connectivity index (χ3v) is 5.07. The smallest absolute Gasteiger partial charge is 0.255 e. The van der Waals surface area contributed by atoms with Gasteiger partial charge in [0.1, 0.15) is 6.10 Å². The monoisotopic (exact) mass is 348 g/mol. The van der Waals surface area contributed by atoms with Crippen LogP contribution in [-0.4, -0.2) is 45.7 Å². The molecule has 3 heterocycles. The molecule has 1 fully saturated rings. The van der Waals surface area contributed by atoms with Gasteiger partial charge < -0.3 is 9.64 Å². The summed E-state index contributed by atoms with van der Waals surface area (Å²) in [7, 11) is 0. The summed E-state index contributed by atoms with van der Waals surface area (Å²) < 4.78 is 5.82. The number of aromatic amines is 1. The van der Waals surface area contributed by atoms with Crippen molar-refractivity contribution in [3.8, 4) is 0 Å². The zero-order valence-electron chi connectivity index (χ0n) is 14.8. The van der Waals surface area contributed by atoms with Crippen molar-refractivity contribution in [2.24, 2.45) is 0 Å². The van der Waals surface area contributed by atoms with E-state index in [1.54, 1.807) is 11.3 Å². The van der Waals surface area contributed by atoms with Crippen molar-refractivity contribution < 1.29 is 9.53 Å². The summed E-state index contributed by atoms with van der Waals surface area (Å²) in [5.74, 6) is 1.52. The fraction of sp³-hybridized carbons (Fsp3) is 0.588. The fourth-order valence-corrected chi connectivity index (χ4v) is 3.68. The first-order valence-electron chi connectivity index (χ1n) is 8.16. The fourth-order valence-electron chi connectivity index (χ4n) is 2.77. The first-order valence-corrected chi connectivity index (χ1v) is 8.98. The Morgan fingerprint density at radius 1 is 1.42 bits per heavy atom. The molecule has 0 aliphatic carbocycles. The number of aromatic nitrogens is 3. The Morgan fingerprint density at radius 3 is 2.75 bits per heavy atom. The molecular formula is C17H24N4O2S. The molecule has 24 heavy (non-hydrogen) atoms. The highest BCUT2D eigenvalue weighted by Crippen LogP contribution is 2.26. The van der Waals surface area contributed by atoms with Crippen LogP contribution in [0, 0.1) is 13.8 Å². The maximum atomic E-state index is 12.8. The molecule has 0 unspecified atom stereocenters. The number of rotatable bonds is 2. The third kappa shape index (κ3) is 3.37. The van der Waals surface area contributed by atoms with Crippen LogP contribution in [-0.2, 0) is 10.2 Å². The Labute approximate surface area is 146 Å².